The molecule has 0 N–H and O–H groups in total. The second-order valence-corrected chi connectivity index (χ2v) is 5.26. The van der Waals surface area contributed by atoms with Crippen LogP contribution in [0.5, 0.6) is 0 Å². The van der Waals surface area contributed by atoms with E-state index in [1.807, 2.05) is 0 Å². The monoisotopic (exact) mass is 195 g/mol. The van der Waals surface area contributed by atoms with Gasteiger partial charge in [0.15, 0.2) is 0 Å². The molecule has 1 aliphatic heterocycles. The van der Waals surface area contributed by atoms with Gasteiger partial charge in [0.05, 0.1) is 5.75 Å². The Balaban J connectivity index is 2.63. The number of alkyl halides is 1. The van der Waals surface area contributed by atoms with Crippen molar-refractivity contribution in [2.45, 2.75) is 25.9 Å². The first-order chi connectivity index (χ1) is 5.56. The van der Waals surface area contributed by atoms with Gasteiger partial charge in [0.25, 0.3) is 0 Å². The Hall–Kier alpha value is -0.160. The number of hydrogen-bond donors (Lipinski definition) is 0. The van der Waals surface area contributed by atoms with E-state index in [0.29, 0.717) is 19.4 Å². The molecular weight excluding hydrogens is 181 g/mol. The topological polar surface area (TPSA) is 37.4 Å². The predicted octanol–water partition coefficient (Wildman–Crippen LogP) is 0.770. The highest BCUT2D eigenvalue weighted by Gasteiger charge is 2.26. The van der Waals surface area contributed by atoms with Crippen LogP contribution in [-0.4, -0.2) is 37.7 Å². The first kappa shape index (κ1) is 9.92. The third-order valence-corrected chi connectivity index (χ3v) is 3.93. The summed E-state index contributed by atoms with van der Waals surface area (Å²) in [5.41, 5.74) is 0. The third kappa shape index (κ3) is 2.17. The van der Waals surface area contributed by atoms with E-state index >= 15 is 0 Å². The molecule has 1 aliphatic rings. The maximum Gasteiger partial charge on any atom is 0.213 e. The smallest absolute Gasteiger partial charge is 0.213 e. The Kier molecular flexibility index (Phi) is 3.06. The van der Waals surface area contributed by atoms with E-state index in [9.17, 15) is 12.8 Å². The Morgan fingerprint density at radius 1 is 1.58 bits per heavy atom. The maximum absolute atomic E-state index is 12.8. The fourth-order valence-electron chi connectivity index (χ4n) is 1.33. The van der Waals surface area contributed by atoms with E-state index in [1.165, 1.54) is 4.31 Å². The van der Waals surface area contributed by atoms with Gasteiger partial charge in [0.2, 0.25) is 10.0 Å². The second kappa shape index (κ2) is 3.70. The number of piperidine rings is 1. The van der Waals surface area contributed by atoms with Crippen LogP contribution in [0.2, 0.25) is 0 Å². The van der Waals surface area contributed by atoms with Gasteiger partial charge in [-0.25, -0.2) is 12.8 Å². The van der Waals surface area contributed by atoms with Crippen LogP contribution in [-0.2, 0) is 10.0 Å². The highest BCUT2D eigenvalue weighted by Crippen LogP contribution is 2.16. The second-order valence-electron chi connectivity index (χ2n) is 3.00. The van der Waals surface area contributed by atoms with Crippen LogP contribution < -0.4 is 0 Å². The van der Waals surface area contributed by atoms with Crippen molar-refractivity contribution >= 4 is 10.0 Å². The van der Waals surface area contributed by atoms with Crippen LogP contribution >= 0.6 is 0 Å². The summed E-state index contributed by atoms with van der Waals surface area (Å²) in [4.78, 5) is 0. The number of hydrogen-bond acceptors (Lipinski definition) is 2. The number of nitrogens with zero attached hydrogens (tertiary/aromatic N) is 1. The molecule has 0 aromatic carbocycles. The van der Waals surface area contributed by atoms with Crippen LogP contribution in [0.3, 0.4) is 0 Å². The van der Waals surface area contributed by atoms with Crippen molar-refractivity contribution in [1.82, 2.24) is 4.31 Å². The van der Waals surface area contributed by atoms with Gasteiger partial charge in [-0.15, -0.1) is 0 Å². The largest absolute Gasteiger partial charge is 0.246 e. The Bertz CT molecular complexity index is 240. The molecule has 0 radical (unpaired) electrons. The molecule has 72 valence electrons. The molecule has 1 atom stereocenters. The van der Waals surface area contributed by atoms with Crippen molar-refractivity contribution in [3.05, 3.63) is 0 Å². The summed E-state index contributed by atoms with van der Waals surface area (Å²) in [6.45, 7) is 2.12. The van der Waals surface area contributed by atoms with Crippen molar-refractivity contribution in [1.29, 1.82) is 0 Å². The lowest BCUT2D eigenvalue weighted by Crippen LogP contribution is -2.41. The van der Waals surface area contributed by atoms with E-state index < -0.39 is 16.2 Å². The number of rotatable bonds is 2. The molecule has 1 heterocycles. The fourth-order valence-corrected chi connectivity index (χ4v) is 2.49. The summed E-state index contributed by atoms with van der Waals surface area (Å²) in [6, 6.07) is 0. The Morgan fingerprint density at radius 2 is 2.25 bits per heavy atom. The summed E-state index contributed by atoms with van der Waals surface area (Å²) in [5, 5.41) is 0. The molecule has 0 spiro atoms. The average molecular weight is 195 g/mol. The molecule has 12 heavy (non-hydrogen) atoms. The van der Waals surface area contributed by atoms with Crippen LogP contribution in [0.15, 0.2) is 0 Å². The molecule has 3 nitrogen and oxygen atoms in total. The van der Waals surface area contributed by atoms with Gasteiger partial charge in [-0.05, 0) is 19.8 Å². The van der Waals surface area contributed by atoms with Crippen molar-refractivity contribution in [2.75, 3.05) is 18.8 Å². The van der Waals surface area contributed by atoms with Crippen LogP contribution in [0.1, 0.15) is 19.8 Å². The van der Waals surface area contributed by atoms with Gasteiger partial charge in [0, 0.05) is 13.1 Å². The molecule has 0 aromatic rings. The molecule has 1 rings (SSSR count). The van der Waals surface area contributed by atoms with Crippen molar-refractivity contribution < 1.29 is 12.8 Å². The summed E-state index contributed by atoms with van der Waals surface area (Å²) in [5.74, 6) is 0.0692. The zero-order valence-electron chi connectivity index (χ0n) is 7.16. The Labute approximate surface area is 72.6 Å². The summed E-state index contributed by atoms with van der Waals surface area (Å²) < 4.78 is 36.6. The number of sulfonamides is 1. The molecular formula is C7H14FNO2S. The molecule has 5 heteroatoms. The SMILES string of the molecule is CCS(=O)(=O)N1CCCC(F)C1. The molecule has 1 fully saturated rings. The van der Waals surface area contributed by atoms with E-state index in [-0.39, 0.29) is 12.3 Å². The van der Waals surface area contributed by atoms with Crippen molar-refractivity contribution in [2.24, 2.45) is 0 Å². The van der Waals surface area contributed by atoms with Gasteiger partial charge in [0.1, 0.15) is 6.17 Å². The normalized spacial score (nSPS) is 27.3. The van der Waals surface area contributed by atoms with Crippen LogP contribution in [0.4, 0.5) is 4.39 Å². The highest BCUT2D eigenvalue weighted by atomic mass is 32.2. The standard InChI is InChI=1S/C7H14FNO2S/c1-2-12(10,11)9-5-3-4-7(8)6-9/h7H,2-6H2,1H3. The van der Waals surface area contributed by atoms with Gasteiger partial charge < -0.3 is 0 Å². The minimum Gasteiger partial charge on any atom is -0.246 e. The molecule has 0 amide bonds. The summed E-state index contributed by atoms with van der Waals surface area (Å²) in [6.07, 6.45) is 0.163. The minimum atomic E-state index is -3.16. The van der Waals surface area contributed by atoms with Crippen LogP contribution in [0, 0.1) is 0 Å². The first-order valence-electron chi connectivity index (χ1n) is 4.18. The lowest BCUT2D eigenvalue weighted by molar-refractivity contribution is 0.203. The van der Waals surface area contributed by atoms with Gasteiger partial charge >= 0.3 is 0 Å². The summed E-state index contributed by atoms with van der Waals surface area (Å²) >= 11 is 0. The quantitative estimate of drug-likeness (QED) is 0.652. The van der Waals surface area contributed by atoms with E-state index in [4.69, 9.17) is 0 Å². The predicted molar refractivity (Wildman–Crippen MR) is 45.2 cm³/mol. The Morgan fingerprint density at radius 3 is 2.75 bits per heavy atom. The molecule has 0 bridgehead atoms. The first-order valence-corrected chi connectivity index (χ1v) is 5.79. The third-order valence-electron chi connectivity index (χ3n) is 2.08. The number of halogens is 1. The molecule has 0 aliphatic carbocycles. The van der Waals surface area contributed by atoms with Gasteiger partial charge in [-0.2, -0.15) is 4.31 Å². The van der Waals surface area contributed by atoms with Crippen LogP contribution in [0.25, 0.3) is 0 Å². The van der Waals surface area contributed by atoms with E-state index in [2.05, 4.69) is 0 Å². The molecule has 1 unspecified atom stereocenters. The lowest BCUT2D eigenvalue weighted by Gasteiger charge is -2.27. The fraction of sp³-hybridized carbons (Fsp3) is 1.00. The van der Waals surface area contributed by atoms with Gasteiger partial charge in [-0.1, -0.05) is 0 Å². The maximum atomic E-state index is 12.8. The van der Waals surface area contributed by atoms with Gasteiger partial charge in [-0.3, -0.25) is 0 Å². The minimum absolute atomic E-state index is 0.0518. The average Bonchev–Trinajstić information content (AvgIpc) is 2.05. The van der Waals surface area contributed by atoms with E-state index in [1.54, 1.807) is 6.92 Å². The lowest BCUT2D eigenvalue weighted by atomic mass is 10.1. The summed E-state index contributed by atoms with van der Waals surface area (Å²) in [7, 11) is -3.16. The molecule has 0 saturated carbocycles. The highest BCUT2D eigenvalue weighted by molar-refractivity contribution is 7.89. The molecule has 1 saturated heterocycles. The van der Waals surface area contributed by atoms with E-state index in [0.717, 1.165) is 0 Å². The molecule has 0 aromatic heterocycles. The zero-order valence-corrected chi connectivity index (χ0v) is 7.98. The van der Waals surface area contributed by atoms with Crippen molar-refractivity contribution in [3.8, 4) is 0 Å². The van der Waals surface area contributed by atoms with Crippen molar-refractivity contribution in [3.63, 3.8) is 0 Å². The zero-order chi connectivity index (χ0) is 9.19.